The summed E-state index contributed by atoms with van der Waals surface area (Å²) in [6.45, 7) is 12.3. The quantitative estimate of drug-likeness (QED) is 0.732. The van der Waals surface area contributed by atoms with Crippen LogP contribution in [0.4, 0.5) is 0 Å². The van der Waals surface area contributed by atoms with Crippen molar-refractivity contribution in [2.45, 2.75) is 27.7 Å². The van der Waals surface area contributed by atoms with Crippen LogP contribution in [0.15, 0.2) is 0 Å². The first kappa shape index (κ1) is 12.0. The summed E-state index contributed by atoms with van der Waals surface area (Å²) >= 11 is 0. The van der Waals surface area contributed by atoms with Gasteiger partial charge in [0.25, 0.3) is 0 Å². The van der Waals surface area contributed by atoms with Gasteiger partial charge in [0.05, 0.1) is 13.2 Å². The molecule has 2 heteroatoms. The Labute approximate surface area is 88.4 Å². The van der Waals surface area contributed by atoms with Gasteiger partial charge in [0.1, 0.15) is 0 Å². The Kier molecular flexibility index (Phi) is 3.96. The highest BCUT2D eigenvalue weighted by atomic mass is 16.5. The number of nitrogens with one attached hydrogen (secondary N) is 1. The lowest BCUT2D eigenvalue weighted by atomic mass is 9.62. The zero-order chi connectivity index (χ0) is 10.8. The van der Waals surface area contributed by atoms with Gasteiger partial charge in [-0.1, -0.05) is 27.7 Å². The summed E-state index contributed by atoms with van der Waals surface area (Å²) in [6.07, 6.45) is 0. The van der Waals surface area contributed by atoms with E-state index in [0.717, 1.165) is 37.5 Å². The van der Waals surface area contributed by atoms with E-state index in [-0.39, 0.29) is 0 Å². The molecule has 0 aromatic heterocycles. The van der Waals surface area contributed by atoms with Gasteiger partial charge in [0.15, 0.2) is 0 Å². The Bertz CT molecular complexity index is 173. The molecule has 0 radical (unpaired) electrons. The van der Waals surface area contributed by atoms with Gasteiger partial charge in [0.2, 0.25) is 0 Å². The van der Waals surface area contributed by atoms with Crippen molar-refractivity contribution in [3.63, 3.8) is 0 Å². The molecule has 14 heavy (non-hydrogen) atoms. The van der Waals surface area contributed by atoms with Crippen LogP contribution in [0.5, 0.6) is 0 Å². The molecule has 1 heterocycles. The summed E-state index contributed by atoms with van der Waals surface area (Å²) < 4.78 is 5.45. The van der Waals surface area contributed by atoms with E-state index in [1.807, 2.05) is 7.05 Å². The zero-order valence-electron chi connectivity index (χ0n) is 10.3. The van der Waals surface area contributed by atoms with Crippen molar-refractivity contribution in [3.8, 4) is 0 Å². The molecule has 0 spiro atoms. The topological polar surface area (TPSA) is 21.3 Å². The third-order valence-corrected chi connectivity index (χ3v) is 3.86. The predicted octanol–water partition coefficient (Wildman–Crippen LogP) is 2.15. The lowest BCUT2D eigenvalue weighted by molar-refractivity contribution is -0.179. The molecule has 1 unspecified atom stereocenters. The number of ether oxygens (including phenoxy) is 1. The fourth-order valence-corrected chi connectivity index (χ4v) is 2.64. The van der Waals surface area contributed by atoms with Crippen LogP contribution >= 0.6 is 0 Å². The Morgan fingerprint density at radius 3 is 2.00 bits per heavy atom. The van der Waals surface area contributed by atoms with Crippen LogP contribution in [0.1, 0.15) is 27.7 Å². The van der Waals surface area contributed by atoms with Gasteiger partial charge in [-0.25, -0.2) is 0 Å². The Morgan fingerprint density at radius 1 is 1.21 bits per heavy atom. The van der Waals surface area contributed by atoms with E-state index in [1.165, 1.54) is 0 Å². The van der Waals surface area contributed by atoms with Crippen LogP contribution in [0.25, 0.3) is 0 Å². The SMILES string of the molecule is CNCC(C(C)C)C1(C(C)C)COC1. The molecule has 1 saturated heterocycles. The minimum atomic E-state index is 0.428. The standard InChI is InChI=1S/C12H25NO/c1-9(2)11(6-13-5)12(10(3)4)7-14-8-12/h9-11,13H,6-8H2,1-5H3. The maximum Gasteiger partial charge on any atom is 0.0550 e. The molecule has 0 saturated carbocycles. The lowest BCUT2D eigenvalue weighted by Crippen LogP contribution is -2.55. The van der Waals surface area contributed by atoms with Gasteiger partial charge in [-0.15, -0.1) is 0 Å². The molecule has 1 N–H and O–H groups in total. The van der Waals surface area contributed by atoms with E-state index in [1.54, 1.807) is 0 Å². The minimum absolute atomic E-state index is 0.428. The molecule has 84 valence electrons. The summed E-state index contributed by atoms with van der Waals surface area (Å²) in [4.78, 5) is 0. The molecule has 2 nitrogen and oxygen atoms in total. The molecular formula is C12H25NO. The van der Waals surface area contributed by atoms with Crippen molar-refractivity contribution in [1.29, 1.82) is 0 Å². The second-order valence-electron chi connectivity index (χ2n) is 5.29. The fraction of sp³-hybridized carbons (Fsp3) is 1.00. The molecule has 1 aliphatic rings. The van der Waals surface area contributed by atoms with Crippen LogP contribution in [0.2, 0.25) is 0 Å². The van der Waals surface area contributed by atoms with Crippen LogP contribution in [0.3, 0.4) is 0 Å². The second kappa shape index (κ2) is 4.63. The van der Waals surface area contributed by atoms with Gasteiger partial charge in [-0.05, 0) is 31.3 Å². The van der Waals surface area contributed by atoms with E-state index in [9.17, 15) is 0 Å². The highest BCUT2D eigenvalue weighted by molar-refractivity contribution is 4.96. The first-order valence-corrected chi connectivity index (χ1v) is 5.77. The average molecular weight is 199 g/mol. The van der Waals surface area contributed by atoms with Gasteiger partial charge in [-0.3, -0.25) is 0 Å². The fourth-order valence-electron chi connectivity index (χ4n) is 2.64. The lowest BCUT2D eigenvalue weighted by Gasteiger charge is -2.52. The predicted molar refractivity (Wildman–Crippen MR) is 60.3 cm³/mol. The molecule has 1 aliphatic heterocycles. The van der Waals surface area contributed by atoms with Gasteiger partial charge < -0.3 is 10.1 Å². The van der Waals surface area contributed by atoms with Crippen LogP contribution < -0.4 is 5.32 Å². The first-order valence-electron chi connectivity index (χ1n) is 5.77. The maximum atomic E-state index is 5.45. The van der Waals surface area contributed by atoms with E-state index >= 15 is 0 Å². The number of hydrogen-bond donors (Lipinski definition) is 1. The van der Waals surface area contributed by atoms with Crippen molar-refractivity contribution < 1.29 is 4.74 Å². The molecule has 1 fully saturated rings. The van der Waals surface area contributed by atoms with Crippen LogP contribution in [0, 0.1) is 23.2 Å². The molecular weight excluding hydrogens is 174 g/mol. The summed E-state index contributed by atoms with van der Waals surface area (Å²) in [5.74, 6) is 2.19. The summed E-state index contributed by atoms with van der Waals surface area (Å²) in [6, 6.07) is 0. The van der Waals surface area contributed by atoms with Gasteiger partial charge >= 0.3 is 0 Å². The molecule has 0 amide bonds. The Balaban J connectivity index is 2.73. The second-order valence-corrected chi connectivity index (χ2v) is 5.29. The number of rotatable bonds is 5. The molecule has 0 aromatic carbocycles. The molecule has 0 bridgehead atoms. The minimum Gasteiger partial charge on any atom is -0.380 e. The monoisotopic (exact) mass is 199 g/mol. The first-order chi connectivity index (χ1) is 6.54. The van der Waals surface area contributed by atoms with E-state index in [0.29, 0.717) is 5.41 Å². The summed E-state index contributed by atoms with van der Waals surface area (Å²) in [5, 5.41) is 3.32. The van der Waals surface area contributed by atoms with Crippen molar-refractivity contribution in [1.82, 2.24) is 5.32 Å². The molecule has 1 atom stereocenters. The summed E-state index contributed by atoms with van der Waals surface area (Å²) in [5.41, 5.74) is 0.428. The third-order valence-electron chi connectivity index (χ3n) is 3.86. The molecule has 0 aliphatic carbocycles. The highest BCUT2D eigenvalue weighted by Gasteiger charge is 2.48. The third kappa shape index (κ3) is 1.96. The maximum absolute atomic E-state index is 5.45. The summed E-state index contributed by atoms with van der Waals surface area (Å²) in [7, 11) is 2.04. The zero-order valence-corrected chi connectivity index (χ0v) is 10.3. The molecule has 0 aromatic rings. The number of hydrogen-bond acceptors (Lipinski definition) is 2. The smallest absolute Gasteiger partial charge is 0.0550 e. The van der Waals surface area contributed by atoms with Crippen molar-refractivity contribution in [2.24, 2.45) is 23.2 Å². The van der Waals surface area contributed by atoms with Crippen molar-refractivity contribution in [3.05, 3.63) is 0 Å². The van der Waals surface area contributed by atoms with E-state index < -0.39 is 0 Å². The molecule has 1 rings (SSSR count). The Hall–Kier alpha value is -0.0800. The van der Waals surface area contributed by atoms with E-state index in [2.05, 4.69) is 33.0 Å². The normalized spacial score (nSPS) is 22.5. The van der Waals surface area contributed by atoms with E-state index in [4.69, 9.17) is 4.74 Å². The largest absolute Gasteiger partial charge is 0.380 e. The van der Waals surface area contributed by atoms with Crippen molar-refractivity contribution in [2.75, 3.05) is 26.8 Å². The van der Waals surface area contributed by atoms with Gasteiger partial charge in [-0.2, -0.15) is 0 Å². The van der Waals surface area contributed by atoms with Crippen molar-refractivity contribution >= 4 is 0 Å². The Morgan fingerprint density at radius 2 is 1.79 bits per heavy atom. The van der Waals surface area contributed by atoms with Gasteiger partial charge in [0, 0.05) is 5.41 Å². The van der Waals surface area contributed by atoms with Crippen LogP contribution in [-0.2, 0) is 4.74 Å². The average Bonchev–Trinajstić information content (AvgIpc) is 1.99. The van der Waals surface area contributed by atoms with Crippen LogP contribution in [-0.4, -0.2) is 26.8 Å². The highest BCUT2D eigenvalue weighted by Crippen LogP contribution is 2.45.